The molecule has 0 unspecified atom stereocenters. The Hall–Kier alpha value is -3.72. The monoisotopic (exact) mass is 316 g/mol. The Kier molecular flexibility index (Phi) is 4.17. The third-order valence-corrected chi connectivity index (χ3v) is 3.32. The van der Waals surface area contributed by atoms with Crippen LogP contribution in [-0.2, 0) is 0 Å². The molecule has 1 amide bonds. The maximum atomic E-state index is 12.2. The van der Waals surface area contributed by atoms with Crippen molar-refractivity contribution in [2.75, 3.05) is 5.32 Å². The number of carbonyl (C=O) groups is 1. The number of nitrogens with zero attached hydrogens (tertiary/aromatic N) is 2. The molecule has 6 heteroatoms. The quantitative estimate of drug-likeness (QED) is 0.728. The lowest BCUT2D eigenvalue weighted by molar-refractivity contribution is 0.102. The largest absolute Gasteiger partial charge is 0.301 e. The third kappa shape index (κ3) is 3.05. The summed E-state index contributed by atoms with van der Waals surface area (Å²) in [6.45, 7) is 7.20. The first-order valence-corrected chi connectivity index (χ1v) is 7.12. The molecule has 0 aliphatic rings. The molecule has 0 saturated heterocycles. The van der Waals surface area contributed by atoms with Gasteiger partial charge in [0.05, 0.1) is 12.3 Å². The van der Waals surface area contributed by atoms with E-state index in [-0.39, 0.29) is 17.3 Å². The summed E-state index contributed by atoms with van der Waals surface area (Å²) in [4.78, 5) is 34.2. The Bertz CT molecular complexity index is 973. The standard InChI is InChI=1S/C18H12N4O2/c1-19-15-14(12-8-4-2-5-9-12)20-18(22-17(15)24)21-16(23)13-10-6-3-7-11-13/h2-11H,(H2,20,21,22,23,24). The Morgan fingerprint density at radius 2 is 1.67 bits per heavy atom. The summed E-state index contributed by atoms with van der Waals surface area (Å²) >= 11 is 0. The molecule has 0 atom stereocenters. The number of anilines is 1. The molecule has 6 nitrogen and oxygen atoms in total. The van der Waals surface area contributed by atoms with Crippen LogP contribution in [0.4, 0.5) is 11.6 Å². The Labute approximate surface area is 137 Å². The van der Waals surface area contributed by atoms with Crippen LogP contribution in [0.2, 0.25) is 0 Å². The highest BCUT2D eigenvalue weighted by atomic mass is 16.2. The van der Waals surface area contributed by atoms with Crippen LogP contribution in [-0.4, -0.2) is 15.9 Å². The Morgan fingerprint density at radius 1 is 1.04 bits per heavy atom. The van der Waals surface area contributed by atoms with Gasteiger partial charge >= 0.3 is 0 Å². The van der Waals surface area contributed by atoms with Gasteiger partial charge in [-0.3, -0.25) is 14.9 Å². The van der Waals surface area contributed by atoms with Gasteiger partial charge in [-0.15, -0.1) is 0 Å². The van der Waals surface area contributed by atoms with Crippen molar-refractivity contribution in [1.29, 1.82) is 0 Å². The smallest absolute Gasteiger partial charge is 0.276 e. The van der Waals surface area contributed by atoms with Crippen LogP contribution in [0, 0.1) is 6.57 Å². The Balaban J connectivity index is 2.02. The maximum Gasteiger partial charge on any atom is 0.276 e. The van der Waals surface area contributed by atoms with Gasteiger partial charge in [0.2, 0.25) is 5.95 Å². The number of carbonyl (C=O) groups excluding carboxylic acids is 1. The third-order valence-electron chi connectivity index (χ3n) is 3.32. The number of H-pyrrole nitrogens is 1. The zero-order chi connectivity index (χ0) is 16.9. The van der Waals surface area contributed by atoms with Crippen molar-refractivity contribution in [3.63, 3.8) is 0 Å². The summed E-state index contributed by atoms with van der Waals surface area (Å²) in [6, 6.07) is 17.5. The summed E-state index contributed by atoms with van der Waals surface area (Å²) < 4.78 is 0. The van der Waals surface area contributed by atoms with Crippen LogP contribution >= 0.6 is 0 Å². The number of rotatable bonds is 3. The van der Waals surface area contributed by atoms with Gasteiger partial charge in [0.1, 0.15) is 0 Å². The van der Waals surface area contributed by atoms with Gasteiger partial charge in [-0.25, -0.2) is 9.83 Å². The number of benzene rings is 2. The van der Waals surface area contributed by atoms with E-state index >= 15 is 0 Å². The zero-order valence-electron chi connectivity index (χ0n) is 12.5. The molecule has 3 rings (SSSR count). The number of amides is 1. The van der Waals surface area contributed by atoms with Crippen molar-refractivity contribution in [3.8, 4) is 11.3 Å². The summed E-state index contributed by atoms with van der Waals surface area (Å²) in [5.41, 5.74) is 0.597. The number of hydrogen-bond donors (Lipinski definition) is 2. The van der Waals surface area contributed by atoms with Crippen molar-refractivity contribution in [2.24, 2.45) is 0 Å². The first kappa shape index (κ1) is 15.2. The van der Waals surface area contributed by atoms with Crippen LogP contribution in [0.1, 0.15) is 10.4 Å². The molecule has 0 spiro atoms. The molecule has 3 aromatic rings. The van der Waals surface area contributed by atoms with E-state index in [1.807, 2.05) is 6.07 Å². The molecule has 1 aromatic heterocycles. The molecule has 0 aliphatic carbocycles. The first-order chi connectivity index (χ1) is 11.7. The van der Waals surface area contributed by atoms with Gasteiger partial charge in [-0.2, -0.15) is 0 Å². The van der Waals surface area contributed by atoms with Crippen LogP contribution < -0.4 is 10.9 Å². The second-order valence-electron chi connectivity index (χ2n) is 4.91. The minimum absolute atomic E-state index is 0.0000983. The van der Waals surface area contributed by atoms with Crippen LogP contribution in [0.5, 0.6) is 0 Å². The molecule has 0 fully saturated rings. The second-order valence-corrected chi connectivity index (χ2v) is 4.91. The van der Waals surface area contributed by atoms with Gasteiger partial charge in [0, 0.05) is 5.56 Å². The molecule has 24 heavy (non-hydrogen) atoms. The second kappa shape index (κ2) is 6.58. The lowest BCUT2D eigenvalue weighted by Crippen LogP contribution is -2.18. The molecule has 0 saturated carbocycles. The van der Waals surface area contributed by atoms with Crippen molar-refractivity contribution >= 4 is 17.5 Å². The fourth-order valence-corrected chi connectivity index (χ4v) is 2.20. The topological polar surface area (TPSA) is 79.2 Å². The van der Waals surface area contributed by atoms with Gasteiger partial charge in [0.25, 0.3) is 17.2 Å². The minimum atomic E-state index is -0.595. The molecule has 116 valence electrons. The van der Waals surface area contributed by atoms with E-state index in [2.05, 4.69) is 20.1 Å². The fraction of sp³-hybridized carbons (Fsp3) is 0. The number of aromatic nitrogens is 2. The molecule has 2 N–H and O–H groups in total. The van der Waals surface area contributed by atoms with E-state index in [4.69, 9.17) is 6.57 Å². The summed E-state index contributed by atoms with van der Waals surface area (Å²) in [5.74, 6) is -0.395. The van der Waals surface area contributed by atoms with Gasteiger partial charge in [-0.1, -0.05) is 48.5 Å². The predicted molar refractivity (Wildman–Crippen MR) is 91.0 cm³/mol. The highest BCUT2D eigenvalue weighted by molar-refractivity contribution is 6.03. The molecule has 0 aliphatic heterocycles. The van der Waals surface area contributed by atoms with Crippen LogP contribution in [0.25, 0.3) is 16.1 Å². The average Bonchev–Trinajstić information content (AvgIpc) is 2.62. The van der Waals surface area contributed by atoms with E-state index in [1.54, 1.807) is 54.6 Å². The van der Waals surface area contributed by atoms with Gasteiger partial charge < -0.3 is 4.98 Å². The first-order valence-electron chi connectivity index (χ1n) is 7.12. The highest BCUT2D eigenvalue weighted by Gasteiger charge is 2.15. The summed E-state index contributed by atoms with van der Waals surface area (Å²) in [7, 11) is 0. The van der Waals surface area contributed by atoms with Crippen LogP contribution in [0.15, 0.2) is 65.5 Å². The highest BCUT2D eigenvalue weighted by Crippen LogP contribution is 2.25. The molecule has 2 aromatic carbocycles. The van der Waals surface area contributed by atoms with Crippen molar-refractivity contribution in [2.45, 2.75) is 0 Å². The number of aromatic amines is 1. The normalized spacial score (nSPS) is 9.96. The molecule has 0 bridgehead atoms. The van der Waals surface area contributed by atoms with E-state index in [1.165, 1.54) is 0 Å². The van der Waals surface area contributed by atoms with E-state index in [0.29, 0.717) is 11.1 Å². The molecular formula is C18H12N4O2. The van der Waals surface area contributed by atoms with Crippen molar-refractivity contribution < 1.29 is 4.79 Å². The lowest BCUT2D eigenvalue weighted by Gasteiger charge is -2.08. The fourth-order valence-electron chi connectivity index (χ4n) is 2.20. The SMILES string of the molecule is [C-]#[N+]c1c(-c2ccccc2)nc(NC(=O)c2ccccc2)[nH]c1=O. The van der Waals surface area contributed by atoms with Crippen molar-refractivity contribution in [3.05, 3.63) is 88.0 Å². The molecular weight excluding hydrogens is 304 g/mol. The zero-order valence-corrected chi connectivity index (χ0v) is 12.5. The summed E-state index contributed by atoms with van der Waals surface area (Å²) in [5, 5.41) is 2.55. The average molecular weight is 316 g/mol. The van der Waals surface area contributed by atoms with E-state index < -0.39 is 11.5 Å². The van der Waals surface area contributed by atoms with E-state index in [9.17, 15) is 9.59 Å². The summed E-state index contributed by atoms with van der Waals surface area (Å²) in [6.07, 6.45) is 0. The van der Waals surface area contributed by atoms with Gasteiger partial charge in [0.15, 0.2) is 0 Å². The molecule has 0 radical (unpaired) electrons. The lowest BCUT2D eigenvalue weighted by atomic mass is 10.1. The van der Waals surface area contributed by atoms with E-state index in [0.717, 1.165) is 0 Å². The minimum Gasteiger partial charge on any atom is -0.301 e. The number of nitrogens with one attached hydrogen (secondary N) is 2. The predicted octanol–water partition coefficient (Wildman–Crippen LogP) is 3.24. The number of hydrogen-bond acceptors (Lipinski definition) is 3. The molecule has 1 heterocycles. The van der Waals surface area contributed by atoms with Crippen molar-refractivity contribution in [1.82, 2.24) is 9.97 Å². The van der Waals surface area contributed by atoms with Crippen LogP contribution in [0.3, 0.4) is 0 Å². The maximum absolute atomic E-state index is 12.2. The van der Waals surface area contributed by atoms with Gasteiger partial charge in [-0.05, 0) is 17.7 Å². The Morgan fingerprint density at radius 3 is 2.29 bits per heavy atom.